The summed E-state index contributed by atoms with van der Waals surface area (Å²) in [6, 6.07) is 0. The van der Waals surface area contributed by atoms with E-state index < -0.39 is 0 Å². The van der Waals surface area contributed by atoms with Crippen molar-refractivity contribution in [2.24, 2.45) is 17.3 Å². The number of ether oxygens (including phenoxy) is 3. The average molecular weight is 285 g/mol. The highest BCUT2D eigenvalue weighted by atomic mass is 16.5. The minimum absolute atomic E-state index is 0.489. The van der Waals surface area contributed by atoms with E-state index in [-0.39, 0.29) is 0 Å². The Morgan fingerprint density at radius 1 is 1.00 bits per heavy atom. The van der Waals surface area contributed by atoms with Gasteiger partial charge in [-0.1, -0.05) is 0 Å². The molecule has 4 heteroatoms. The molecule has 1 N–H and O–H groups in total. The Kier molecular flexibility index (Phi) is 6.75. The summed E-state index contributed by atoms with van der Waals surface area (Å²) in [4.78, 5) is 0. The molecule has 2 aliphatic carbocycles. The molecule has 2 fully saturated rings. The lowest BCUT2D eigenvalue weighted by Crippen LogP contribution is -2.36. The third-order valence-corrected chi connectivity index (χ3v) is 4.86. The van der Waals surface area contributed by atoms with Crippen LogP contribution in [0.5, 0.6) is 0 Å². The van der Waals surface area contributed by atoms with Crippen molar-refractivity contribution in [1.82, 2.24) is 5.32 Å². The van der Waals surface area contributed by atoms with E-state index in [0.29, 0.717) is 5.41 Å². The molecule has 0 aromatic carbocycles. The summed E-state index contributed by atoms with van der Waals surface area (Å²) in [7, 11) is 3.50. The van der Waals surface area contributed by atoms with Crippen LogP contribution in [0.25, 0.3) is 0 Å². The largest absolute Gasteiger partial charge is 0.385 e. The molecular formula is C16H31NO3. The number of hydrogen-bond acceptors (Lipinski definition) is 4. The van der Waals surface area contributed by atoms with Gasteiger partial charge in [-0.25, -0.2) is 0 Å². The Balaban J connectivity index is 1.62. The lowest BCUT2D eigenvalue weighted by Gasteiger charge is -2.31. The zero-order chi connectivity index (χ0) is 14.3. The van der Waals surface area contributed by atoms with E-state index in [4.69, 9.17) is 14.2 Å². The van der Waals surface area contributed by atoms with Gasteiger partial charge in [-0.05, 0) is 49.4 Å². The van der Waals surface area contributed by atoms with Gasteiger partial charge in [0, 0.05) is 47.1 Å². The highest BCUT2D eigenvalue weighted by molar-refractivity contribution is 5.04. The van der Waals surface area contributed by atoms with E-state index in [0.717, 1.165) is 57.8 Å². The summed E-state index contributed by atoms with van der Waals surface area (Å²) in [5, 5.41) is 3.57. The van der Waals surface area contributed by atoms with E-state index >= 15 is 0 Å². The minimum Gasteiger partial charge on any atom is -0.385 e. The summed E-state index contributed by atoms with van der Waals surface area (Å²) in [5.41, 5.74) is 0.489. The normalized spacial score (nSPS) is 31.5. The minimum atomic E-state index is 0.489. The molecule has 0 spiro atoms. The Morgan fingerprint density at radius 3 is 2.45 bits per heavy atom. The average Bonchev–Trinajstić information content (AvgIpc) is 3.07. The molecule has 0 radical (unpaired) electrons. The molecule has 0 heterocycles. The van der Waals surface area contributed by atoms with Crippen LogP contribution in [0.3, 0.4) is 0 Å². The van der Waals surface area contributed by atoms with Crippen molar-refractivity contribution in [3.05, 3.63) is 0 Å². The van der Waals surface area contributed by atoms with E-state index in [9.17, 15) is 0 Å². The summed E-state index contributed by atoms with van der Waals surface area (Å²) in [6.45, 7) is 5.42. The van der Waals surface area contributed by atoms with Crippen LogP contribution >= 0.6 is 0 Å². The van der Waals surface area contributed by atoms with E-state index in [2.05, 4.69) is 5.32 Å². The predicted octanol–water partition coefficient (Wildman–Crippen LogP) is 2.08. The van der Waals surface area contributed by atoms with Gasteiger partial charge in [0.15, 0.2) is 0 Å². The molecule has 2 rings (SSSR count). The number of hydrogen-bond donors (Lipinski definition) is 1. The van der Waals surface area contributed by atoms with Crippen LogP contribution < -0.4 is 5.32 Å². The zero-order valence-corrected chi connectivity index (χ0v) is 13.2. The van der Waals surface area contributed by atoms with Gasteiger partial charge in [0.05, 0.1) is 6.61 Å². The zero-order valence-electron chi connectivity index (χ0n) is 13.2. The van der Waals surface area contributed by atoms with E-state index in [1.165, 1.54) is 25.7 Å². The number of fused-ring (bicyclic) bond motifs is 1. The summed E-state index contributed by atoms with van der Waals surface area (Å²) >= 11 is 0. The maximum atomic E-state index is 5.77. The second-order valence-corrected chi connectivity index (χ2v) is 6.54. The second-order valence-electron chi connectivity index (χ2n) is 6.54. The molecule has 20 heavy (non-hydrogen) atoms. The second kappa shape index (κ2) is 8.32. The van der Waals surface area contributed by atoms with E-state index in [1.807, 2.05) is 0 Å². The van der Waals surface area contributed by atoms with Crippen molar-refractivity contribution in [2.45, 2.75) is 32.1 Å². The molecule has 0 saturated heterocycles. The number of methoxy groups -OCH3 is 2. The highest BCUT2D eigenvalue weighted by Gasteiger charge is 2.52. The van der Waals surface area contributed by atoms with Crippen molar-refractivity contribution in [2.75, 3.05) is 53.7 Å². The molecule has 4 nitrogen and oxygen atoms in total. The van der Waals surface area contributed by atoms with Crippen molar-refractivity contribution >= 4 is 0 Å². The van der Waals surface area contributed by atoms with Gasteiger partial charge in [-0.2, -0.15) is 0 Å². The first-order chi connectivity index (χ1) is 9.79. The van der Waals surface area contributed by atoms with Crippen LogP contribution in [0.15, 0.2) is 0 Å². The predicted molar refractivity (Wildman–Crippen MR) is 79.9 cm³/mol. The lowest BCUT2D eigenvalue weighted by molar-refractivity contribution is 0.0722. The van der Waals surface area contributed by atoms with Gasteiger partial charge >= 0.3 is 0 Å². The molecule has 0 aromatic rings. The van der Waals surface area contributed by atoms with Crippen LogP contribution in [-0.4, -0.2) is 53.7 Å². The van der Waals surface area contributed by atoms with Crippen LogP contribution in [0, 0.1) is 17.3 Å². The van der Waals surface area contributed by atoms with Crippen molar-refractivity contribution < 1.29 is 14.2 Å². The maximum Gasteiger partial charge on any atom is 0.0587 e. The third-order valence-electron chi connectivity index (χ3n) is 4.86. The summed E-state index contributed by atoms with van der Waals surface area (Å²) in [5.74, 6) is 2.04. The Bertz CT molecular complexity index is 262. The molecule has 0 bridgehead atoms. The molecule has 2 unspecified atom stereocenters. The molecule has 118 valence electrons. The van der Waals surface area contributed by atoms with Crippen LogP contribution in [-0.2, 0) is 14.2 Å². The van der Waals surface area contributed by atoms with Crippen molar-refractivity contribution in [3.63, 3.8) is 0 Å². The van der Waals surface area contributed by atoms with Gasteiger partial charge in [0.1, 0.15) is 0 Å². The fraction of sp³-hybridized carbons (Fsp3) is 1.00. The fourth-order valence-electron chi connectivity index (χ4n) is 3.67. The number of rotatable bonds is 12. The first kappa shape index (κ1) is 16.2. The Hall–Kier alpha value is -0.160. The molecule has 0 aliphatic heterocycles. The van der Waals surface area contributed by atoms with E-state index in [1.54, 1.807) is 14.2 Å². The smallest absolute Gasteiger partial charge is 0.0587 e. The van der Waals surface area contributed by atoms with Gasteiger partial charge < -0.3 is 19.5 Å². The topological polar surface area (TPSA) is 39.7 Å². The first-order valence-corrected chi connectivity index (χ1v) is 8.06. The quantitative estimate of drug-likeness (QED) is 0.557. The lowest BCUT2D eigenvalue weighted by atomic mass is 9.80. The third kappa shape index (κ3) is 4.99. The molecule has 2 saturated carbocycles. The molecule has 0 amide bonds. The molecular weight excluding hydrogens is 254 g/mol. The highest BCUT2D eigenvalue weighted by Crippen LogP contribution is 2.60. The first-order valence-electron chi connectivity index (χ1n) is 8.06. The maximum absolute atomic E-state index is 5.77. The van der Waals surface area contributed by atoms with Crippen LogP contribution in [0.1, 0.15) is 32.1 Å². The summed E-state index contributed by atoms with van der Waals surface area (Å²) < 4.78 is 15.9. The Morgan fingerprint density at radius 2 is 1.75 bits per heavy atom. The van der Waals surface area contributed by atoms with Crippen LogP contribution in [0.4, 0.5) is 0 Å². The molecule has 2 atom stereocenters. The van der Waals surface area contributed by atoms with Gasteiger partial charge in [-0.3, -0.25) is 0 Å². The Labute approximate surface area is 123 Å². The monoisotopic (exact) mass is 285 g/mol. The van der Waals surface area contributed by atoms with Crippen molar-refractivity contribution in [3.8, 4) is 0 Å². The fourth-order valence-corrected chi connectivity index (χ4v) is 3.67. The van der Waals surface area contributed by atoms with Crippen LogP contribution in [0.2, 0.25) is 0 Å². The molecule has 0 aromatic heterocycles. The standard InChI is InChI=1S/C16H31NO3/c1-18-6-3-7-20-8-4-16(13-17-5-9-19-2)11-14-10-15(14)12-16/h14-15,17H,3-13H2,1-2H3. The SMILES string of the molecule is COCCCOCCC1(CNCCOC)CC2CC2C1. The van der Waals surface area contributed by atoms with Gasteiger partial charge in [0.2, 0.25) is 0 Å². The van der Waals surface area contributed by atoms with Crippen molar-refractivity contribution in [1.29, 1.82) is 0 Å². The van der Waals surface area contributed by atoms with Gasteiger partial charge in [-0.15, -0.1) is 0 Å². The molecule has 2 aliphatic rings. The number of nitrogens with one attached hydrogen (secondary N) is 1. The van der Waals surface area contributed by atoms with Gasteiger partial charge in [0.25, 0.3) is 0 Å². The summed E-state index contributed by atoms with van der Waals surface area (Å²) in [6.07, 6.45) is 6.49.